The van der Waals surface area contributed by atoms with Gasteiger partial charge in [-0.15, -0.1) is 0 Å². The fourth-order valence-corrected chi connectivity index (χ4v) is 2.93. The van der Waals surface area contributed by atoms with E-state index in [-0.39, 0.29) is 12.1 Å². The van der Waals surface area contributed by atoms with E-state index in [9.17, 15) is 9.59 Å². The maximum atomic E-state index is 12.8. The van der Waals surface area contributed by atoms with Crippen molar-refractivity contribution in [3.63, 3.8) is 0 Å². The number of aromatic amines is 1. The van der Waals surface area contributed by atoms with Gasteiger partial charge in [0.1, 0.15) is 0 Å². The number of carbonyl (C=O) groups is 2. The molecule has 0 aliphatic heterocycles. The molecule has 146 valence electrons. The van der Waals surface area contributed by atoms with Gasteiger partial charge in [0.05, 0.1) is 39.3 Å². The molecule has 0 fully saturated rings. The van der Waals surface area contributed by atoms with Crippen LogP contribution in [0.4, 0.5) is 0 Å². The third-order valence-corrected chi connectivity index (χ3v) is 4.40. The molecule has 3 aromatic rings. The molecule has 3 rings (SSSR count). The first-order valence-corrected chi connectivity index (χ1v) is 8.60. The number of nitrogens with zero attached hydrogens (tertiary/aromatic N) is 1. The number of esters is 1. The van der Waals surface area contributed by atoms with Crippen molar-refractivity contribution in [3.8, 4) is 11.5 Å². The second-order valence-corrected chi connectivity index (χ2v) is 6.04. The number of hydrogen-bond acceptors (Lipinski definition) is 6. The van der Waals surface area contributed by atoms with Gasteiger partial charge >= 0.3 is 5.97 Å². The number of hydrogen-bond donors (Lipinski definition) is 2. The molecule has 0 radical (unpaired) electrons. The molecule has 8 nitrogen and oxygen atoms in total. The molecule has 28 heavy (non-hydrogen) atoms. The fourth-order valence-electron chi connectivity index (χ4n) is 2.93. The predicted octanol–water partition coefficient (Wildman–Crippen LogP) is 2.61. The van der Waals surface area contributed by atoms with Crippen molar-refractivity contribution in [2.45, 2.75) is 12.5 Å². The van der Waals surface area contributed by atoms with Crippen molar-refractivity contribution in [2.75, 3.05) is 21.3 Å². The first-order valence-electron chi connectivity index (χ1n) is 8.60. The standard InChI is InChI=1S/C20H21N3O5/c1-26-16-9-8-12(10-17(16)27-2)15(11-18(24)28-3)21-20(25)19-13-6-4-5-7-14(13)22-23-19/h4-10,15H,11H2,1-3H3,(H,21,25)(H,22,23)/t15-/m0/s1. The van der Waals surface area contributed by atoms with Crippen LogP contribution in [0.25, 0.3) is 10.9 Å². The SMILES string of the molecule is COC(=O)C[C@H](NC(=O)c1n[nH]c2ccccc12)c1ccc(OC)c(OC)c1. The Morgan fingerprint density at radius 2 is 1.82 bits per heavy atom. The van der Waals surface area contributed by atoms with E-state index in [1.165, 1.54) is 21.3 Å². The van der Waals surface area contributed by atoms with E-state index in [1.54, 1.807) is 24.3 Å². The van der Waals surface area contributed by atoms with Gasteiger partial charge in [0, 0.05) is 5.39 Å². The summed E-state index contributed by atoms with van der Waals surface area (Å²) in [7, 11) is 4.36. The molecule has 0 unspecified atom stereocenters. The lowest BCUT2D eigenvalue weighted by molar-refractivity contribution is -0.141. The lowest BCUT2D eigenvalue weighted by Crippen LogP contribution is -2.31. The molecule has 0 aliphatic carbocycles. The summed E-state index contributed by atoms with van der Waals surface area (Å²) in [5, 5.41) is 10.5. The number of benzene rings is 2. The number of nitrogens with one attached hydrogen (secondary N) is 2. The van der Waals surface area contributed by atoms with Crippen molar-refractivity contribution in [1.82, 2.24) is 15.5 Å². The Balaban J connectivity index is 1.92. The second-order valence-electron chi connectivity index (χ2n) is 6.04. The minimum atomic E-state index is -0.629. The first-order chi connectivity index (χ1) is 13.6. The lowest BCUT2D eigenvalue weighted by Gasteiger charge is -2.19. The maximum Gasteiger partial charge on any atom is 0.307 e. The van der Waals surface area contributed by atoms with Crippen LogP contribution in [0.3, 0.4) is 0 Å². The summed E-state index contributed by atoms with van der Waals surface area (Å²) >= 11 is 0. The molecule has 1 amide bonds. The van der Waals surface area contributed by atoms with Crippen LogP contribution >= 0.6 is 0 Å². The molecule has 1 aromatic heterocycles. The van der Waals surface area contributed by atoms with Gasteiger partial charge < -0.3 is 19.5 Å². The molecule has 0 saturated carbocycles. The van der Waals surface area contributed by atoms with E-state index in [0.29, 0.717) is 22.4 Å². The summed E-state index contributed by atoms with van der Waals surface area (Å²) in [6, 6.07) is 11.9. The summed E-state index contributed by atoms with van der Waals surface area (Å²) in [6.07, 6.45) is -0.0416. The van der Waals surface area contributed by atoms with Crippen LogP contribution in [0.5, 0.6) is 11.5 Å². The van der Waals surface area contributed by atoms with Gasteiger partial charge in [0.2, 0.25) is 0 Å². The largest absolute Gasteiger partial charge is 0.493 e. The van der Waals surface area contributed by atoms with Gasteiger partial charge in [-0.05, 0) is 23.8 Å². The highest BCUT2D eigenvalue weighted by Gasteiger charge is 2.23. The zero-order chi connectivity index (χ0) is 20.1. The van der Waals surface area contributed by atoms with Crippen LogP contribution in [-0.2, 0) is 9.53 Å². The third-order valence-electron chi connectivity index (χ3n) is 4.40. The minimum absolute atomic E-state index is 0.0416. The fraction of sp³-hybridized carbons (Fsp3) is 0.250. The van der Waals surface area contributed by atoms with Crippen molar-refractivity contribution < 1.29 is 23.8 Å². The van der Waals surface area contributed by atoms with Crippen molar-refractivity contribution in [3.05, 3.63) is 53.7 Å². The average Bonchev–Trinajstić information content (AvgIpc) is 3.16. The molecule has 2 aromatic carbocycles. The third kappa shape index (κ3) is 3.90. The van der Waals surface area contributed by atoms with E-state index < -0.39 is 17.9 Å². The highest BCUT2D eigenvalue weighted by atomic mass is 16.5. The topological polar surface area (TPSA) is 103 Å². The molecule has 0 spiro atoms. The molecule has 8 heteroatoms. The quantitative estimate of drug-likeness (QED) is 0.608. The van der Waals surface area contributed by atoms with Gasteiger partial charge in [-0.25, -0.2) is 0 Å². The van der Waals surface area contributed by atoms with Crippen molar-refractivity contribution in [2.24, 2.45) is 0 Å². The Kier molecular flexibility index (Phi) is 5.78. The molecule has 2 N–H and O–H groups in total. The molecule has 0 saturated heterocycles. The van der Waals surface area contributed by atoms with Gasteiger partial charge in [0.25, 0.3) is 5.91 Å². The van der Waals surface area contributed by atoms with Crippen LogP contribution in [0.15, 0.2) is 42.5 Å². The molecular formula is C20H21N3O5. The molecular weight excluding hydrogens is 362 g/mol. The number of fused-ring (bicyclic) bond motifs is 1. The van der Waals surface area contributed by atoms with Crippen molar-refractivity contribution >= 4 is 22.8 Å². The number of amides is 1. The Bertz CT molecular complexity index is 998. The van der Waals surface area contributed by atoms with Crippen LogP contribution < -0.4 is 14.8 Å². The van der Waals surface area contributed by atoms with Crippen LogP contribution in [-0.4, -0.2) is 43.4 Å². The van der Waals surface area contributed by atoms with E-state index >= 15 is 0 Å². The molecule has 0 bridgehead atoms. The summed E-state index contributed by atoms with van der Waals surface area (Å²) in [5.74, 6) is 0.190. The second kappa shape index (κ2) is 8.43. The number of para-hydroxylation sites is 1. The highest BCUT2D eigenvalue weighted by molar-refractivity contribution is 6.04. The lowest BCUT2D eigenvalue weighted by atomic mass is 10.0. The Morgan fingerprint density at radius 1 is 1.07 bits per heavy atom. The van der Waals surface area contributed by atoms with Crippen LogP contribution in [0, 0.1) is 0 Å². The summed E-state index contributed by atoms with van der Waals surface area (Å²) in [4.78, 5) is 24.8. The Labute approximate surface area is 161 Å². The maximum absolute atomic E-state index is 12.8. The number of ether oxygens (including phenoxy) is 3. The highest BCUT2D eigenvalue weighted by Crippen LogP contribution is 2.31. The van der Waals surface area contributed by atoms with Crippen LogP contribution in [0.1, 0.15) is 28.5 Å². The molecule has 0 aliphatic rings. The zero-order valence-electron chi connectivity index (χ0n) is 15.8. The monoisotopic (exact) mass is 383 g/mol. The first kappa shape index (κ1) is 19.2. The summed E-state index contributed by atoms with van der Waals surface area (Å²) in [6.45, 7) is 0. The van der Waals surface area contributed by atoms with Crippen molar-refractivity contribution in [1.29, 1.82) is 0 Å². The molecule has 1 atom stereocenters. The number of H-pyrrole nitrogens is 1. The van der Waals surface area contributed by atoms with E-state index in [4.69, 9.17) is 14.2 Å². The zero-order valence-corrected chi connectivity index (χ0v) is 15.8. The van der Waals surface area contributed by atoms with E-state index in [2.05, 4.69) is 15.5 Å². The average molecular weight is 383 g/mol. The number of aromatic nitrogens is 2. The predicted molar refractivity (Wildman–Crippen MR) is 102 cm³/mol. The van der Waals surface area contributed by atoms with Gasteiger partial charge in [-0.1, -0.05) is 24.3 Å². The van der Waals surface area contributed by atoms with E-state index in [0.717, 1.165) is 5.52 Å². The summed E-state index contributed by atoms with van der Waals surface area (Å²) < 4.78 is 15.3. The van der Waals surface area contributed by atoms with Crippen LogP contribution in [0.2, 0.25) is 0 Å². The minimum Gasteiger partial charge on any atom is -0.493 e. The number of rotatable bonds is 7. The molecule has 1 heterocycles. The Morgan fingerprint density at radius 3 is 2.54 bits per heavy atom. The summed E-state index contributed by atoms with van der Waals surface area (Å²) in [5.41, 5.74) is 1.69. The van der Waals surface area contributed by atoms with Gasteiger partial charge in [-0.2, -0.15) is 5.10 Å². The smallest absolute Gasteiger partial charge is 0.307 e. The van der Waals surface area contributed by atoms with Gasteiger partial charge in [0.15, 0.2) is 17.2 Å². The Hall–Kier alpha value is -3.55. The number of carbonyl (C=O) groups excluding carboxylic acids is 2. The normalized spacial score (nSPS) is 11.7. The van der Waals surface area contributed by atoms with Gasteiger partial charge in [-0.3, -0.25) is 14.7 Å². The number of methoxy groups -OCH3 is 3. The van der Waals surface area contributed by atoms with E-state index in [1.807, 2.05) is 18.2 Å².